The molecule has 0 unspecified atom stereocenters. The Kier molecular flexibility index (Phi) is 6.13. The maximum absolute atomic E-state index is 12.3. The molecule has 2 rings (SSSR count). The summed E-state index contributed by atoms with van der Waals surface area (Å²) >= 11 is 1.34. The fourth-order valence-electron chi connectivity index (χ4n) is 1.96. The molecule has 1 aromatic heterocycles. The number of hydrogen-bond acceptors (Lipinski definition) is 6. The molecule has 7 nitrogen and oxygen atoms in total. The van der Waals surface area contributed by atoms with E-state index in [0.29, 0.717) is 10.7 Å². The summed E-state index contributed by atoms with van der Waals surface area (Å²) in [5, 5.41) is 13.6. The summed E-state index contributed by atoms with van der Waals surface area (Å²) in [6.45, 7) is 6.16. The van der Waals surface area contributed by atoms with Crippen molar-refractivity contribution in [2.24, 2.45) is 0 Å². The number of hydrogen-bond donors (Lipinski definition) is 2. The van der Waals surface area contributed by atoms with Gasteiger partial charge in [0.1, 0.15) is 0 Å². The minimum atomic E-state index is -3.69. The summed E-state index contributed by atoms with van der Waals surface area (Å²) in [6, 6.07) is 7.45. The van der Waals surface area contributed by atoms with Crippen molar-refractivity contribution < 1.29 is 13.2 Å². The molecule has 2 N–H and O–H groups in total. The van der Waals surface area contributed by atoms with Crippen LogP contribution in [0.1, 0.15) is 43.2 Å². The van der Waals surface area contributed by atoms with Gasteiger partial charge in [0.15, 0.2) is 5.13 Å². The number of thiazole rings is 1. The average molecular weight is 393 g/mol. The molecule has 2 aromatic rings. The molecule has 138 valence electrons. The summed E-state index contributed by atoms with van der Waals surface area (Å²) in [6.07, 6.45) is 0.0874. The van der Waals surface area contributed by atoms with Gasteiger partial charge in [0.25, 0.3) is 5.91 Å². The smallest absolute Gasteiger partial charge is 0.257 e. The normalized spacial score (nSPS) is 11.8. The Balaban J connectivity index is 2.07. The van der Waals surface area contributed by atoms with Crippen LogP contribution in [0.5, 0.6) is 0 Å². The molecule has 26 heavy (non-hydrogen) atoms. The molecule has 9 heteroatoms. The molecule has 0 bridgehead atoms. The van der Waals surface area contributed by atoms with Gasteiger partial charge in [0.05, 0.1) is 16.7 Å². The second-order valence-corrected chi connectivity index (χ2v) is 9.20. The van der Waals surface area contributed by atoms with Gasteiger partial charge in [-0.15, -0.1) is 11.3 Å². The Bertz CT molecular complexity index is 920. The number of sulfonamides is 1. The van der Waals surface area contributed by atoms with E-state index >= 15 is 0 Å². The minimum Gasteiger partial charge on any atom is -0.298 e. The quantitative estimate of drug-likeness (QED) is 0.734. The van der Waals surface area contributed by atoms with Crippen molar-refractivity contribution >= 4 is 32.4 Å². The van der Waals surface area contributed by atoms with Gasteiger partial charge in [-0.2, -0.15) is 5.26 Å². The van der Waals surface area contributed by atoms with Crippen molar-refractivity contribution in [2.45, 2.75) is 37.5 Å². The fourth-order valence-corrected chi connectivity index (χ4v) is 3.92. The van der Waals surface area contributed by atoms with Gasteiger partial charge >= 0.3 is 0 Å². The average Bonchev–Trinajstić information content (AvgIpc) is 3.04. The molecule has 0 aliphatic rings. The van der Waals surface area contributed by atoms with Crippen LogP contribution in [0.25, 0.3) is 0 Å². The lowest BCUT2D eigenvalue weighted by atomic mass is 9.93. The Morgan fingerprint density at radius 2 is 1.92 bits per heavy atom. The molecule has 1 aromatic carbocycles. The minimum absolute atomic E-state index is 0.0382. The number of benzene rings is 1. The standard InChI is InChI=1S/C17H20N4O3S2/c1-17(2,3)14-11-25-16(20-14)21-15(22)12-5-7-13(8-6-12)26(23,24)19-10-4-9-18/h5-8,11,19H,4,10H2,1-3H3,(H,20,21,22). The molecule has 0 aliphatic carbocycles. The largest absolute Gasteiger partial charge is 0.298 e. The van der Waals surface area contributed by atoms with E-state index < -0.39 is 10.0 Å². The molecule has 1 amide bonds. The SMILES string of the molecule is CC(C)(C)c1csc(NC(=O)c2ccc(S(=O)(=O)NCCC#N)cc2)n1. The number of carbonyl (C=O) groups is 1. The zero-order valence-corrected chi connectivity index (χ0v) is 16.4. The van der Waals surface area contributed by atoms with Crippen LogP contribution in [-0.4, -0.2) is 25.9 Å². The Morgan fingerprint density at radius 1 is 1.27 bits per heavy atom. The van der Waals surface area contributed by atoms with E-state index in [0.717, 1.165) is 5.69 Å². The van der Waals surface area contributed by atoms with Gasteiger partial charge in [-0.25, -0.2) is 18.1 Å². The molecule has 0 radical (unpaired) electrons. The van der Waals surface area contributed by atoms with E-state index in [4.69, 9.17) is 5.26 Å². The topological polar surface area (TPSA) is 112 Å². The third-order valence-corrected chi connectivity index (χ3v) is 5.68. The third kappa shape index (κ3) is 5.11. The second-order valence-electron chi connectivity index (χ2n) is 6.57. The second kappa shape index (κ2) is 7.95. The number of aromatic nitrogens is 1. The number of amides is 1. The van der Waals surface area contributed by atoms with Crippen LogP contribution in [0.2, 0.25) is 0 Å². The van der Waals surface area contributed by atoms with E-state index in [1.165, 1.54) is 35.6 Å². The van der Waals surface area contributed by atoms with E-state index in [-0.39, 0.29) is 29.2 Å². The zero-order chi connectivity index (χ0) is 19.4. The van der Waals surface area contributed by atoms with E-state index in [1.807, 2.05) is 32.2 Å². The molecule has 0 fully saturated rings. The van der Waals surface area contributed by atoms with Crippen molar-refractivity contribution in [3.05, 3.63) is 40.9 Å². The van der Waals surface area contributed by atoms with E-state index in [2.05, 4.69) is 15.0 Å². The predicted octanol–water partition coefficient (Wildman–Crippen LogP) is 2.88. The van der Waals surface area contributed by atoms with Crippen LogP contribution >= 0.6 is 11.3 Å². The number of nitrogens with zero attached hydrogens (tertiary/aromatic N) is 2. The first kappa shape index (κ1) is 20.0. The van der Waals surface area contributed by atoms with Crippen LogP contribution in [0.15, 0.2) is 34.5 Å². The summed E-state index contributed by atoms with van der Waals surface area (Å²) in [5.74, 6) is -0.360. The highest BCUT2D eigenvalue weighted by molar-refractivity contribution is 7.89. The van der Waals surface area contributed by atoms with Gasteiger partial charge in [0.2, 0.25) is 10.0 Å². The van der Waals surface area contributed by atoms with E-state index in [9.17, 15) is 13.2 Å². The monoisotopic (exact) mass is 392 g/mol. The molecule has 0 aliphatic heterocycles. The number of rotatable bonds is 6. The number of anilines is 1. The lowest BCUT2D eigenvalue weighted by Crippen LogP contribution is -2.24. The molecule has 1 heterocycles. The van der Waals surface area contributed by atoms with Gasteiger partial charge in [-0.1, -0.05) is 20.8 Å². The summed E-state index contributed by atoms with van der Waals surface area (Å²) < 4.78 is 26.4. The van der Waals surface area contributed by atoms with Crippen molar-refractivity contribution in [1.29, 1.82) is 5.26 Å². The third-order valence-electron chi connectivity index (χ3n) is 3.45. The van der Waals surface area contributed by atoms with Crippen LogP contribution in [0, 0.1) is 11.3 Å². The van der Waals surface area contributed by atoms with Crippen LogP contribution in [-0.2, 0) is 15.4 Å². The summed E-state index contributed by atoms with van der Waals surface area (Å²) in [4.78, 5) is 16.7. The molecule has 0 saturated heterocycles. The maximum Gasteiger partial charge on any atom is 0.257 e. The molecule has 0 atom stereocenters. The number of nitrogens with one attached hydrogen (secondary N) is 2. The molecule has 0 saturated carbocycles. The lowest BCUT2D eigenvalue weighted by Gasteiger charge is -2.14. The predicted molar refractivity (Wildman–Crippen MR) is 101 cm³/mol. The molecular weight excluding hydrogens is 372 g/mol. The zero-order valence-electron chi connectivity index (χ0n) is 14.7. The number of carbonyl (C=O) groups excluding carboxylic acids is 1. The Hall–Kier alpha value is -2.28. The van der Waals surface area contributed by atoms with Gasteiger partial charge < -0.3 is 0 Å². The van der Waals surface area contributed by atoms with Gasteiger partial charge in [0, 0.05) is 29.3 Å². The Morgan fingerprint density at radius 3 is 2.46 bits per heavy atom. The van der Waals surface area contributed by atoms with Crippen LogP contribution < -0.4 is 10.0 Å². The highest BCUT2D eigenvalue weighted by Gasteiger charge is 2.19. The van der Waals surface area contributed by atoms with Crippen LogP contribution in [0.3, 0.4) is 0 Å². The molecule has 0 spiro atoms. The number of nitriles is 1. The summed E-state index contributed by atoms with van der Waals surface area (Å²) in [7, 11) is -3.69. The van der Waals surface area contributed by atoms with E-state index in [1.54, 1.807) is 0 Å². The van der Waals surface area contributed by atoms with Gasteiger partial charge in [-0.05, 0) is 24.3 Å². The highest BCUT2D eigenvalue weighted by Crippen LogP contribution is 2.26. The van der Waals surface area contributed by atoms with Crippen LogP contribution in [0.4, 0.5) is 5.13 Å². The highest BCUT2D eigenvalue weighted by atomic mass is 32.2. The van der Waals surface area contributed by atoms with Crippen molar-refractivity contribution in [1.82, 2.24) is 9.71 Å². The fraction of sp³-hybridized carbons (Fsp3) is 0.353. The first-order valence-corrected chi connectivity index (χ1v) is 10.2. The summed E-state index contributed by atoms with van der Waals surface area (Å²) in [5.41, 5.74) is 1.12. The van der Waals surface area contributed by atoms with Crippen molar-refractivity contribution in [2.75, 3.05) is 11.9 Å². The lowest BCUT2D eigenvalue weighted by molar-refractivity contribution is 0.102. The van der Waals surface area contributed by atoms with Crippen molar-refractivity contribution in [3.8, 4) is 6.07 Å². The maximum atomic E-state index is 12.3. The molecular formula is C17H20N4O3S2. The first-order chi connectivity index (χ1) is 12.1. The van der Waals surface area contributed by atoms with Crippen molar-refractivity contribution in [3.63, 3.8) is 0 Å². The Labute approximate surface area is 157 Å². The van der Waals surface area contributed by atoms with Gasteiger partial charge in [-0.3, -0.25) is 10.1 Å². The first-order valence-electron chi connectivity index (χ1n) is 7.87.